The molecule has 0 fully saturated rings. The summed E-state index contributed by atoms with van der Waals surface area (Å²) in [5, 5.41) is 0.535. The van der Waals surface area contributed by atoms with Gasteiger partial charge in [0.15, 0.2) is 5.78 Å². The largest absolute Gasteiger partial charge is 0.495 e. The molecule has 0 radical (unpaired) electrons. The van der Waals surface area contributed by atoms with E-state index in [0.29, 0.717) is 36.5 Å². The summed E-state index contributed by atoms with van der Waals surface area (Å²) in [6.07, 6.45) is 2.25. The summed E-state index contributed by atoms with van der Waals surface area (Å²) in [5.41, 5.74) is 0.800. The Morgan fingerprint density at radius 1 is 1.35 bits per heavy atom. The van der Waals surface area contributed by atoms with Gasteiger partial charge in [0.25, 0.3) is 0 Å². The van der Waals surface area contributed by atoms with E-state index in [0.717, 1.165) is 12.0 Å². The molecule has 126 valence electrons. The van der Waals surface area contributed by atoms with Crippen LogP contribution in [0, 0.1) is 11.3 Å². The molecule has 0 aromatic heterocycles. The fourth-order valence-corrected chi connectivity index (χ4v) is 4.09. The minimum Gasteiger partial charge on any atom is -0.495 e. The molecule has 0 saturated carbocycles. The molecule has 0 N–H and O–H groups in total. The number of Topliss-reactive ketones (excluding diaryl/α,β-unsaturated/α-hetero) is 2. The summed E-state index contributed by atoms with van der Waals surface area (Å²) in [6, 6.07) is 1.80. The molecule has 0 saturated heterocycles. The van der Waals surface area contributed by atoms with Crippen LogP contribution in [0.4, 0.5) is 0 Å². The van der Waals surface area contributed by atoms with Gasteiger partial charge in [0, 0.05) is 17.4 Å². The summed E-state index contributed by atoms with van der Waals surface area (Å²) in [6.45, 7) is 5.73. The first-order chi connectivity index (χ1) is 10.7. The average molecular weight is 357 g/mol. The van der Waals surface area contributed by atoms with Gasteiger partial charge in [-0.3, -0.25) is 4.79 Å². The van der Waals surface area contributed by atoms with Gasteiger partial charge in [0.05, 0.1) is 12.1 Å². The maximum absolute atomic E-state index is 13.1. The Morgan fingerprint density at radius 3 is 2.52 bits per heavy atom. The Morgan fingerprint density at radius 2 is 2.00 bits per heavy atom. The van der Waals surface area contributed by atoms with Crippen LogP contribution in [0.2, 0.25) is 10.0 Å². The average Bonchev–Trinajstić information content (AvgIpc) is 2.73. The lowest BCUT2D eigenvalue weighted by Gasteiger charge is -2.29. The molecular formula is C18H22Cl2O3. The van der Waals surface area contributed by atoms with Crippen molar-refractivity contribution in [3.63, 3.8) is 0 Å². The summed E-state index contributed by atoms with van der Waals surface area (Å²) in [5.74, 6) is 0.932. The van der Waals surface area contributed by atoms with Gasteiger partial charge in [0.1, 0.15) is 16.6 Å². The molecule has 0 aliphatic heterocycles. The predicted molar refractivity (Wildman–Crippen MR) is 92.9 cm³/mol. The number of halogens is 2. The number of hydrogen-bond donors (Lipinski definition) is 0. The fourth-order valence-electron chi connectivity index (χ4n) is 3.56. The summed E-state index contributed by atoms with van der Waals surface area (Å²) in [7, 11) is 1.53. The second kappa shape index (κ2) is 6.82. The molecule has 1 aromatic rings. The minimum atomic E-state index is -0.568. The quantitative estimate of drug-likeness (QED) is 0.708. The molecule has 23 heavy (non-hydrogen) atoms. The second-order valence-corrected chi connectivity index (χ2v) is 7.58. The number of ether oxygens (including phenoxy) is 1. The highest BCUT2D eigenvalue weighted by molar-refractivity contribution is 6.45. The first kappa shape index (κ1) is 18.3. The minimum absolute atomic E-state index is 0.0111. The van der Waals surface area contributed by atoms with E-state index < -0.39 is 5.41 Å². The molecule has 3 nitrogen and oxygen atoms in total. The number of methoxy groups -OCH3 is 1. The van der Waals surface area contributed by atoms with E-state index in [4.69, 9.17) is 27.9 Å². The zero-order chi connectivity index (χ0) is 17.4. The first-order valence-corrected chi connectivity index (χ1v) is 8.56. The van der Waals surface area contributed by atoms with E-state index in [1.807, 2.05) is 0 Å². The number of fused-ring (bicyclic) bond motifs is 1. The van der Waals surface area contributed by atoms with E-state index in [9.17, 15) is 9.59 Å². The maximum atomic E-state index is 13.1. The molecule has 1 unspecified atom stereocenters. The molecule has 0 amide bonds. The first-order valence-electron chi connectivity index (χ1n) is 7.81. The van der Waals surface area contributed by atoms with Gasteiger partial charge in [0.2, 0.25) is 0 Å². The highest BCUT2D eigenvalue weighted by atomic mass is 35.5. The van der Waals surface area contributed by atoms with Crippen LogP contribution in [0.1, 0.15) is 56.0 Å². The molecule has 1 atom stereocenters. The van der Waals surface area contributed by atoms with E-state index in [1.165, 1.54) is 7.11 Å². The van der Waals surface area contributed by atoms with Crippen LogP contribution in [0.5, 0.6) is 5.75 Å². The molecule has 0 heterocycles. The number of ketones is 2. The molecule has 1 aliphatic carbocycles. The number of carbonyl (C=O) groups excluding carboxylic acids is 2. The predicted octanol–water partition coefficient (Wildman–Crippen LogP) is 5.14. The third kappa shape index (κ3) is 3.41. The molecule has 1 aromatic carbocycles. The Balaban J connectivity index is 2.50. The van der Waals surface area contributed by atoms with E-state index in [1.54, 1.807) is 13.0 Å². The van der Waals surface area contributed by atoms with E-state index in [2.05, 4.69) is 13.8 Å². The van der Waals surface area contributed by atoms with Crippen LogP contribution in [0.25, 0.3) is 0 Å². The smallest absolute Gasteiger partial charge is 0.171 e. The van der Waals surface area contributed by atoms with Crippen molar-refractivity contribution in [2.75, 3.05) is 7.11 Å². The normalized spacial score (nSPS) is 20.0. The molecular weight excluding hydrogens is 335 g/mol. The van der Waals surface area contributed by atoms with Gasteiger partial charge in [-0.25, -0.2) is 0 Å². The van der Waals surface area contributed by atoms with Crippen LogP contribution < -0.4 is 4.74 Å². The zero-order valence-corrected chi connectivity index (χ0v) is 15.5. The lowest BCUT2D eigenvalue weighted by atomic mass is 9.73. The third-order valence-electron chi connectivity index (χ3n) is 4.47. The van der Waals surface area contributed by atoms with Crippen molar-refractivity contribution in [2.24, 2.45) is 11.3 Å². The SMILES string of the molecule is COc1cc2c(c(Cl)c1Cl)C(=O)C(CCC(C)=O)(CC(C)C)C2. The van der Waals surface area contributed by atoms with E-state index >= 15 is 0 Å². The zero-order valence-electron chi connectivity index (χ0n) is 14.0. The summed E-state index contributed by atoms with van der Waals surface area (Å²) in [4.78, 5) is 24.6. The topological polar surface area (TPSA) is 43.4 Å². The standard InChI is InChI=1S/C18H22Cl2O3/c1-10(2)8-18(6-5-11(3)21)9-12-7-13(23-4)15(19)16(20)14(12)17(18)22/h7,10H,5-6,8-9H2,1-4H3. The second-order valence-electron chi connectivity index (χ2n) is 6.83. The van der Waals surface area contributed by atoms with Crippen molar-refractivity contribution in [3.05, 3.63) is 27.2 Å². The molecule has 5 heteroatoms. The molecule has 1 aliphatic rings. The van der Waals surface area contributed by atoms with Crippen LogP contribution in [0.3, 0.4) is 0 Å². The number of rotatable bonds is 6. The Kier molecular flexibility index (Phi) is 5.42. The molecule has 2 rings (SSSR count). The fraction of sp³-hybridized carbons (Fsp3) is 0.556. The van der Waals surface area contributed by atoms with Gasteiger partial charge in [-0.2, -0.15) is 0 Å². The van der Waals surface area contributed by atoms with Crippen molar-refractivity contribution in [2.45, 2.75) is 46.5 Å². The van der Waals surface area contributed by atoms with Gasteiger partial charge >= 0.3 is 0 Å². The van der Waals surface area contributed by atoms with Crippen LogP contribution in [-0.2, 0) is 11.2 Å². The van der Waals surface area contributed by atoms with Crippen molar-refractivity contribution in [1.29, 1.82) is 0 Å². The van der Waals surface area contributed by atoms with Crippen LogP contribution in [0.15, 0.2) is 6.07 Å². The van der Waals surface area contributed by atoms with Crippen molar-refractivity contribution >= 4 is 34.8 Å². The molecule has 0 bridgehead atoms. The molecule has 0 spiro atoms. The summed E-state index contributed by atoms with van der Waals surface area (Å²) < 4.78 is 5.25. The number of carbonyl (C=O) groups is 2. The summed E-state index contributed by atoms with van der Waals surface area (Å²) >= 11 is 12.5. The Bertz CT molecular complexity index is 652. The number of hydrogen-bond acceptors (Lipinski definition) is 3. The highest BCUT2D eigenvalue weighted by Gasteiger charge is 2.47. The van der Waals surface area contributed by atoms with Gasteiger partial charge in [-0.1, -0.05) is 37.0 Å². The Labute approximate surface area is 147 Å². The maximum Gasteiger partial charge on any atom is 0.171 e. The lowest BCUT2D eigenvalue weighted by molar-refractivity contribution is -0.117. The van der Waals surface area contributed by atoms with Crippen LogP contribution >= 0.6 is 23.2 Å². The van der Waals surface area contributed by atoms with Crippen molar-refractivity contribution in [1.82, 2.24) is 0 Å². The van der Waals surface area contributed by atoms with Crippen molar-refractivity contribution in [3.8, 4) is 5.75 Å². The van der Waals surface area contributed by atoms with Gasteiger partial charge < -0.3 is 9.53 Å². The van der Waals surface area contributed by atoms with Gasteiger partial charge in [-0.05, 0) is 43.7 Å². The van der Waals surface area contributed by atoms with E-state index in [-0.39, 0.29) is 21.6 Å². The van der Waals surface area contributed by atoms with Crippen molar-refractivity contribution < 1.29 is 14.3 Å². The van der Waals surface area contributed by atoms with Crippen LogP contribution in [-0.4, -0.2) is 18.7 Å². The Hall–Kier alpha value is -1.06. The third-order valence-corrected chi connectivity index (χ3v) is 5.32. The van der Waals surface area contributed by atoms with Gasteiger partial charge in [-0.15, -0.1) is 0 Å². The number of benzene rings is 1. The lowest BCUT2D eigenvalue weighted by Crippen LogP contribution is -2.30. The monoisotopic (exact) mass is 356 g/mol. The highest BCUT2D eigenvalue weighted by Crippen LogP contribution is 2.50.